The smallest absolute Gasteiger partial charge is 0.192 e. The molecule has 0 radical (unpaired) electrons. The van der Waals surface area contributed by atoms with E-state index in [1.165, 1.54) is 0 Å². The molecule has 2 heterocycles. The molecule has 3 aromatic rings. The minimum Gasteiger partial charge on any atom is -0.441 e. The Morgan fingerprint density at radius 3 is 3.00 bits per heavy atom. The highest BCUT2D eigenvalue weighted by molar-refractivity contribution is 5.79. The molecule has 0 aliphatic heterocycles. The van der Waals surface area contributed by atoms with E-state index in [1.807, 2.05) is 31.3 Å². The van der Waals surface area contributed by atoms with Crippen LogP contribution in [0.4, 0.5) is 0 Å². The fourth-order valence-corrected chi connectivity index (χ4v) is 2.64. The summed E-state index contributed by atoms with van der Waals surface area (Å²) in [4.78, 5) is 12.3. The van der Waals surface area contributed by atoms with Gasteiger partial charge in [0.25, 0.3) is 0 Å². The fraction of sp³-hybridized carbons (Fsp3) is 0.333. The normalized spacial score (nSPS) is 16.7. The Balaban J connectivity index is 1.75. The molecule has 102 valence electrons. The largest absolute Gasteiger partial charge is 0.441 e. The first-order chi connectivity index (χ1) is 9.70. The summed E-state index contributed by atoms with van der Waals surface area (Å²) in [7, 11) is 0. The quantitative estimate of drug-likeness (QED) is 0.764. The lowest BCUT2D eigenvalue weighted by Gasteiger charge is -2.07. The van der Waals surface area contributed by atoms with E-state index in [2.05, 4.69) is 15.0 Å². The van der Waals surface area contributed by atoms with Gasteiger partial charge in [0.15, 0.2) is 11.5 Å². The maximum atomic E-state index is 5.84. The minimum atomic E-state index is 0.0901. The van der Waals surface area contributed by atoms with Gasteiger partial charge in [0, 0.05) is 24.4 Å². The summed E-state index contributed by atoms with van der Waals surface area (Å²) >= 11 is 0. The van der Waals surface area contributed by atoms with Gasteiger partial charge in [-0.15, -0.1) is 0 Å². The first-order valence-corrected chi connectivity index (χ1v) is 6.83. The predicted octanol–water partition coefficient (Wildman–Crippen LogP) is 2.52. The molecule has 0 unspecified atom stereocenters. The molecule has 20 heavy (non-hydrogen) atoms. The topological polar surface area (TPSA) is 80.7 Å². The van der Waals surface area contributed by atoms with E-state index in [1.54, 1.807) is 0 Å². The predicted molar refractivity (Wildman–Crippen MR) is 76.3 cm³/mol. The van der Waals surface area contributed by atoms with Crippen molar-refractivity contribution in [3.05, 3.63) is 36.1 Å². The molecule has 5 heteroatoms. The zero-order chi connectivity index (χ0) is 13.7. The fourth-order valence-electron chi connectivity index (χ4n) is 2.64. The van der Waals surface area contributed by atoms with Crippen molar-refractivity contribution in [1.29, 1.82) is 0 Å². The number of benzene rings is 1. The highest BCUT2D eigenvalue weighted by Gasteiger charge is 2.45. The Morgan fingerprint density at radius 2 is 2.25 bits per heavy atom. The molecule has 1 aromatic carbocycles. The van der Waals surface area contributed by atoms with Crippen LogP contribution in [0.1, 0.15) is 24.6 Å². The summed E-state index contributed by atoms with van der Waals surface area (Å²) < 4.78 is 5.49. The zero-order valence-corrected chi connectivity index (χ0v) is 11.3. The molecule has 1 fully saturated rings. The number of aryl methyl sites for hydroxylation is 1. The van der Waals surface area contributed by atoms with Crippen LogP contribution in [0.15, 0.2) is 28.8 Å². The molecular weight excluding hydrogens is 252 g/mol. The van der Waals surface area contributed by atoms with Crippen molar-refractivity contribution < 1.29 is 4.42 Å². The Hall–Kier alpha value is -2.14. The van der Waals surface area contributed by atoms with Gasteiger partial charge in [0.1, 0.15) is 11.3 Å². The Morgan fingerprint density at radius 1 is 1.40 bits per heavy atom. The number of H-pyrrole nitrogens is 1. The molecule has 5 nitrogen and oxygen atoms in total. The second-order valence-corrected chi connectivity index (χ2v) is 5.55. The number of fused-ring (bicyclic) bond motifs is 1. The average molecular weight is 268 g/mol. The van der Waals surface area contributed by atoms with Crippen LogP contribution in [0.2, 0.25) is 0 Å². The third-order valence-electron chi connectivity index (χ3n) is 4.13. The van der Waals surface area contributed by atoms with Crippen molar-refractivity contribution in [1.82, 2.24) is 15.0 Å². The van der Waals surface area contributed by atoms with E-state index in [0.717, 1.165) is 41.0 Å². The maximum absolute atomic E-state index is 5.84. The molecule has 0 bridgehead atoms. The van der Waals surface area contributed by atoms with Gasteiger partial charge in [-0.1, -0.05) is 0 Å². The van der Waals surface area contributed by atoms with Crippen molar-refractivity contribution in [3.63, 3.8) is 0 Å². The number of nitrogens with one attached hydrogen (secondary N) is 1. The lowest BCUT2D eigenvalue weighted by atomic mass is 10.1. The van der Waals surface area contributed by atoms with Gasteiger partial charge in [-0.05, 0) is 31.0 Å². The monoisotopic (exact) mass is 268 g/mol. The van der Waals surface area contributed by atoms with Gasteiger partial charge < -0.3 is 15.1 Å². The first kappa shape index (κ1) is 11.7. The van der Waals surface area contributed by atoms with Crippen molar-refractivity contribution in [2.75, 3.05) is 6.54 Å². The number of aromatic amines is 1. The van der Waals surface area contributed by atoms with Crippen LogP contribution in [0.5, 0.6) is 0 Å². The van der Waals surface area contributed by atoms with Crippen molar-refractivity contribution in [2.24, 2.45) is 5.73 Å². The van der Waals surface area contributed by atoms with E-state index >= 15 is 0 Å². The zero-order valence-electron chi connectivity index (χ0n) is 11.3. The molecule has 0 amide bonds. The summed E-state index contributed by atoms with van der Waals surface area (Å²) in [6, 6.07) is 5.98. The lowest BCUT2D eigenvalue weighted by molar-refractivity contribution is 0.561. The minimum absolute atomic E-state index is 0.0901. The van der Waals surface area contributed by atoms with Crippen LogP contribution in [-0.2, 0) is 5.41 Å². The lowest BCUT2D eigenvalue weighted by Crippen LogP contribution is -2.21. The molecule has 4 rings (SSSR count). The van der Waals surface area contributed by atoms with E-state index in [9.17, 15) is 0 Å². The number of nitrogens with zero attached hydrogens (tertiary/aromatic N) is 2. The van der Waals surface area contributed by atoms with Crippen molar-refractivity contribution in [2.45, 2.75) is 25.2 Å². The Bertz CT molecular complexity index is 782. The standard InChI is InChI=1S/C15H16N4O/c1-9-18-11-6-10(2-3-13(11)20-9)12-7-17-14(19-12)15(8-16)4-5-15/h2-3,6-7H,4-5,8,16H2,1H3,(H,17,19). The second kappa shape index (κ2) is 3.93. The summed E-state index contributed by atoms with van der Waals surface area (Å²) in [5, 5.41) is 0. The number of rotatable bonds is 3. The molecule has 3 N–H and O–H groups in total. The van der Waals surface area contributed by atoms with Crippen LogP contribution in [0.3, 0.4) is 0 Å². The van der Waals surface area contributed by atoms with Crippen LogP contribution in [0, 0.1) is 6.92 Å². The summed E-state index contributed by atoms with van der Waals surface area (Å²) in [5.74, 6) is 1.69. The van der Waals surface area contributed by atoms with Gasteiger partial charge in [0.2, 0.25) is 0 Å². The molecule has 1 saturated carbocycles. The number of imidazole rings is 1. The Kier molecular flexibility index (Phi) is 2.29. The molecule has 1 aliphatic rings. The van der Waals surface area contributed by atoms with Crippen molar-refractivity contribution >= 4 is 11.1 Å². The van der Waals surface area contributed by atoms with E-state index in [0.29, 0.717) is 12.4 Å². The Labute approximate surface area is 116 Å². The van der Waals surface area contributed by atoms with Crippen molar-refractivity contribution in [3.8, 4) is 11.3 Å². The van der Waals surface area contributed by atoms with E-state index in [4.69, 9.17) is 10.2 Å². The van der Waals surface area contributed by atoms with Gasteiger partial charge in [-0.2, -0.15) is 0 Å². The summed E-state index contributed by atoms with van der Waals surface area (Å²) in [6.45, 7) is 2.51. The molecule has 2 aromatic heterocycles. The third kappa shape index (κ3) is 1.67. The molecular formula is C15H16N4O. The van der Waals surface area contributed by atoms with Gasteiger partial charge in [0.05, 0.1) is 11.9 Å². The highest BCUT2D eigenvalue weighted by atomic mass is 16.3. The van der Waals surface area contributed by atoms with Crippen LogP contribution < -0.4 is 5.73 Å². The SMILES string of the molecule is Cc1nc2cc(-c3cnc(C4(CN)CC4)[nH]3)ccc2o1. The summed E-state index contributed by atoms with van der Waals surface area (Å²) in [5.41, 5.74) is 9.69. The number of hydrogen-bond acceptors (Lipinski definition) is 4. The van der Waals surface area contributed by atoms with Gasteiger partial charge >= 0.3 is 0 Å². The number of hydrogen-bond donors (Lipinski definition) is 2. The molecule has 0 saturated heterocycles. The van der Waals surface area contributed by atoms with Crippen LogP contribution in [-0.4, -0.2) is 21.5 Å². The average Bonchev–Trinajstić information content (AvgIpc) is 2.93. The maximum Gasteiger partial charge on any atom is 0.192 e. The number of nitrogens with two attached hydrogens (primary N) is 1. The number of aromatic nitrogens is 3. The van der Waals surface area contributed by atoms with E-state index in [-0.39, 0.29) is 5.41 Å². The van der Waals surface area contributed by atoms with Gasteiger partial charge in [-0.25, -0.2) is 9.97 Å². The molecule has 0 atom stereocenters. The van der Waals surface area contributed by atoms with Crippen LogP contribution in [0.25, 0.3) is 22.4 Å². The van der Waals surface area contributed by atoms with E-state index < -0.39 is 0 Å². The second-order valence-electron chi connectivity index (χ2n) is 5.55. The highest BCUT2D eigenvalue weighted by Crippen LogP contribution is 2.46. The molecule has 0 spiro atoms. The third-order valence-corrected chi connectivity index (χ3v) is 4.13. The number of oxazole rings is 1. The van der Waals surface area contributed by atoms with Gasteiger partial charge in [-0.3, -0.25) is 0 Å². The first-order valence-electron chi connectivity index (χ1n) is 6.83. The molecule has 1 aliphatic carbocycles. The summed E-state index contributed by atoms with van der Waals surface area (Å²) in [6.07, 6.45) is 4.12. The van der Waals surface area contributed by atoms with Crippen LogP contribution >= 0.6 is 0 Å².